The van der Waals surface area contributed by atoms with Gasteiger partial charge in [0.05, 0.1) is 10.3 Å². The summed E-state index contributed by atoms with van der Waals surface area (Å²) in [5, 5.41) is 9.34. The Morgan fingerprint density at radius 3 is 2.08 bits per heavy atom. The molecule has 1 aromatic carbocycles. The summed E-state index contributed by atoms with van der Waals surface area (Å²) in [5.74, 6) is 0.594. The third kappa shape index (κ3) is 3.80. The summed E-state index contributed by atoms with van der Waals surface area (Å²) in [6.07, 6.45) is 6.72. The molecule has 1 aromatic rings. The fraction of sp³-hybridized carbons (Fsp3) is 0.632. The van der Waals surface area contributed by atoms with Crippen molar-refractivity contribution < 1.29 is 22.9 Å². The van der Waals surface area contributed by atoms with Crippen LogP contribution in [0.5, 0.6) is 0 Å². The van der Waals surface area contributed by atoms with E-state index in [-0.39, 0.29) is 10.4 Å². The van der Waals surface area contributed by atoms with Gasteiger partial charge in [0.2, 0.25) is 0 Å². The molecule has 0 spiro atoms. The fourth-order valence-corrected chi connectivity index (χ4v) is 5.96. The van der Waals surface area contributed by atoms with E-state index in [9.17, 15) is 18.3 Å². The molecule has 0 amide bonds. The van der Waals surface area contributed by atoms with E-state index in [4.69, 9.17) is 10.3 Å². The van der Waals surface area contributed by atoms with E-state index in [1.54, 1.807) is 12.1 Å². The highest BCUT2D eigenvalue weighted by Crippen LogP contribution is 2.60. The highest BCUT2D eigenvalue weighted by atomic mass is 32.2. The van der Waals surface area contributed by atoms with Crippen molar-refractivity contribution in [2.75, 3.05) is 0 Å². The smallest absolute Gasteiger partial charge is 0.309 e. The first-order valence-electron chi connectivity index (χ1n) is 9.14. The number of rotatable bonds is 3. The molecule has 144 valence electrons. The van der Waals surface area contributed by atoms with Gasteiger partial charge in [-0.15, -0.1) is 0 Å². The maximum atomic E-state index is 11.3. The molecule has 4 aliphatic carbocycles. The van der Waals surface area contributed by atoms with Gasteiger partial charge in [-0.2, -0.15) is 8.42 Å². The second-order valence-corrected chi connectivity index (χ2v) is 9.80. The Morgan fingerprint density at radius 2 is 1.69 bits per heavy atom. The number of aliphatic carboxylic acids is 1. The molecule has 4 saturated carbocycles. The van der Waals surface area contributed by atoms with E-state index in [2.05, 4.69) is 0 Å². The number of nitrogens with two attached hydrogens (primary N) is 1. The Morgan fingerprint density at radius 1 is 1.15 bits per heavy atom. The maximum Gasteiger partial charge on any atom is 0.309 e. The molecular weight excluding hydrogens is 354 g/mol. The van der Waals surface area contributed by atoms with E-state index < -0.39 is 21.5 Å². The lowest BCUT2D eigenvalue weighted by molar-refractivity contribution is -0.166. The molecule has 0 aliphatic heterocycles. The average Bonchev–Trinajstić information content (AvgIpc) is 2.52. The molecule has 5 rings (SSSR count). The minimum absolute atomic E-state index is 0.0558. The van der Waals surface area contributed by atoms with Crippen LogP contribution < -0.4 is 5.73 Å². The van der Waals surface area contributed by atoms with Gasteiger partial charge in [0.1, 0.15) is 0 Å². The first kappa shape index (κ1) is 19.3. The van der Waals surface area contributed by atoms with Gasteiger partial charge in [-0.1, -0.05) is 19.1 Å². The molecule has 7 heteroatoms. The molecule has 0 aromatic heterocycles. The lowest BCUT2D eigenvalue weighted by Gasteiger charge is -2.59. The third-order valence-corrected chi connectivity index (χ3v) is 7.06. The van der Waals surface area contributed by atoms with Crippen LogP contribution in [0.4, 0.5) is 0 Å². The van der Waals surface area contributed by atoms with E-state index in [1.165, 1.54) is 18.6 Å². The second kappa shape index (κ2) is 6.62. The van der Waals surface area contributed by atoms with Gasteiger partial charge in [0, 0.05) is 5.54 Å². The number of aryl methyl sites for hydroxylation is 1. The summed E-state index contributed by atoms with van der Waals surface area (Å²) < 4.78 is 29.8. The Hall–Kier alpha value is -1.44. The standard InChI is InChI=1S/C11H17NO2.C8H10O3S/c12-11-4-7-1-8(5-11)3-10(2-7,6-11)9(13)14;1-2-7-3-5-8(6-4-7)12(9,10)11/h7-8H,1-6,12H2,(H,13,14);3-6H,2H2,1H3,(H,9,10,11)/t7-,8+,10?,11?;. The summed E-state index contributed by atoms with van der Waals surface area (Å²) >= 11 is 0. The number of benzene rings is 1. The number of carbonyl (C=O) groups is 1. The van der Waals surface area contributed by atoms with Crippen molar-refractivity contribution in [2.24, 2.45) is 23.0 Å². The van der Waals surface area contributed by atoms with Gasteiger partial charge >= 0.3 is 5.97 Å². The van der Waals surface area contributed by atoms with Crippen LogP contribution in [0.15, 0.2) is 29.2 Å². The number of carboxylic acids is 1. The van der Waals surface area contributed by atoms with Crippen molar-refractivity contribution in [3.05, 3.63) is 29.8 Å². The lowest BCUT2D eigenvalue weighted by Crippen LogP contribution is -2.62. The number of hydrogen-bond donors (Lipinski definition) is 3. The van der Waals surface area contributed by atoms with Crippen LogP contribution in [0.1, 0.15) is 51.0 Å². The molecule has 0 radical (unpaired) electrons. The van der Waals surface area contributed by atoms with Gasteiger partial charge in [-0.25, -0.2) is 0 Å². The predicted octanol–water partition coefficient (Wildman–Crippen LogP) is 2.86. The molecule has 4 atom stereocenters. The first-order valence-corrected chi connectivity index (χ1v) is 10.6. The Labute approximate surface area is 154 Å². The fourth-order valence-electron chi connectivity index (χ4n) is 5.48. The molecule has 2 unspecified atom stereocenters. The Bertz CT molecular complexity index is 773. The summed E-state index contributed by atoms with van der Waals surface area (Å²) in [7, 11) is -4.03. The molecule has 4 bridgehead atoms. The Kier molecular flexibility index (Phi) is 4.92. The zero-order chi connectivity index (χ0) is 19.2. The van der Waals surface area contributed by atoms with Crippen LogP contribution >= 0.6 is 0 Å². The zero-order valence-corrected chi connectivity index (χ0v) is 15.8. The van der Waals surface area contributed by atoms with Gasteiger partial charge in [0.15, 0.2) is 0 Å². The molecule has 4 aliphatic rings. The summed E-state index contributed by atoms with van der Waals surface area (Å²) in [4.78, 5) is 11.3. The second-order valence-electron chi connectivity index (χ2n) is 8.38. The monoisotopic (exact) mass is 381 g/mol. The van der Waals surface area contributed by atoms with Crippen molar-refractivity contribution in [3.63, 3.8) is 0 Å². The van der Waals surface area contributed by atoms with Gasteiger partial charge < -0.3 is 10.8 Å². The Balaban J connectivity index is 0.000000153. The van der Waals surface area contributed by atoms with Crippen LogP contribution in [0.2, 0.25) is 0 Å². The molecule has 0 heterocycles. The number of hydrogen-bond acceptors (Lipinski definition) is 4. The molecule has 26 heavy (non-hydrogen) atoms. The highest BCUT2D eigenvalue weighted by Gasteiger charge is 2.59. The molecule has 6 nitrogen and oxygen atoms in total. The van der Waals surface area contributed by atoms with E-state index in [0.29, 0.717) is 11.8 Å². The van der Waals surface area contributed by atoms with Crippen LogP contribution in [-0.4, -0.2) is 29.6 Å². The third-order valence-electron chi connectivity index (χ3n) is 6.19. The average molecular weight is 381 g/mol. The molecule has 0 saturated heterocycles. The zero-order valence-electron chi connectivity index (χ0n) is 15.0. The van der Waals surface area contributed by atoms with E-state index in [0.717, 1.165) is 44.1 Å². The summed E-state index contributed by atoms with van der Waals surface area (Å²) in [6.45, 7) is 1.97. The largest absolute Gasteiger partial charge is 0.481 e. The van der Waals surface area contributed by atoms with Crippen LogP contribution in [0, 0.1) is 17.3 Å². The predicted molar refractivity (Wildman–Crippen MR) is 97.3 cm³/mol. The van der Waals surface area contributed by atoms with Crippen molar-refractivity contribution in [2.45, 2.75) is 62.3 Å². The van der Waals surface area contributed by atoms with Gasteiger partial charge in [-0.3, -0.25) is 9.35 Å². The minimum Gasteiger partial charge on any atom is -0.481 e. The summed E-state index contributed by atoms with van der Waals surface area (Å²) in [6, 6.07) is 6.16. The van der Waals surface area contributed by atoms with Crippen molar-refractivity contribution in [1.82, 2.24) is 0 Å². The first-order chi connectivity index (χ1) is 12.1. The van der Waals surface area contributed by atoms with Gasteiger partial charge in [-0.05, 0) is 74.5 Å². The minimum atomic E-state index is -4.03. The van der Waals surface area contributed by atoms with Crippen LogP contribution in [0.25, 0.3) is 0 Å². The van der Waals surface area contributed by atoms with Crippen LogP contribution in [0.3, 0.4) is 0 Å². The normalized spacial score (nSPS) is 34.9. The van der Waals surface area contributed by atoms with Crippen LogP contribution in [-0.2, 0) is 21.3 Å². The topological polar surface area (TPSA) is 118 Å². The van der Waals surface area contributed by atoms with Crippen molar-refractivity contribution in [1.29, 1.82) is 0 Å². The lowest BCUT2D eigenvalue weighted by atomic mass is 9.47. The van der Waals surface area contributed by atoms with Gasteiger partial charge in [0.25, 0.3) is 10.1 Å². The SMILES string of the molecule is CCc1ccc(S(=O)(=O)O)cc1.NC12C[C@H]3C[C@@H](C1)CC(C(=O)O)(C3)C2. The molecular formula is C19H27NO5S. The molecule has 4 N–H and O–H groups in total. The molecule has 4 fully saturated rings. The van der Waals surface area contributed by atoms with E-state index in [1.807, 2.05) is 6.92 Å². The quantitative estimate of drug-likeness (QED) is 0.693. The summed E-state index contributed by atoms with van der Waals surface area (Å²) in [5.41, 5.74) is 6.74. The maximum absolute atomic E-state index is 11.3. The number of carboxylic acid groups (broad SMARTS) is 1. The highest BCUT2D eigenvalue weighted by molar-refractivity contribution is 7.85. The van der Waals surface area contributed by atoms with Crippen molar-refractivity contribution in [3.8, 4) is 0 Å². The van der Waals surface area contributed by atoms with E-state index >= 15 is 0 Å². The van der Waals surface area contributed by atoms with Crippen molar-refractivity contribution >= 4 is 16.1 Å².